The first kappa shape index (κ1) is 15.6. The van der Waals surface area contributed by atoms with E-state index < -0.39 is 0 Å². The van der Waals surface area contributed by atoms with Crippen LogP contribution in [0, 0.1) is 6.92 Å². The molecule has 0 aromatic carbocycles. The molecule has 0 radical (unpaired) electrons. The molecule has 0 N–H and O–H groups in total. The van der Waals surface area contributed by atoms with Gasteiger partial charge >= 0.3 is 0 Å². The molecule has 0 unspecified atom stereocenters. The van der Waals surface area contributed by atoms with Crippen LogP contribution in [0.4, 0.5) is 0 Å². The van der Waals surface area contributed by atoms with Crippen LogP contribution >= 0.6 is 22.7 Å². The highest BCUT2D eigenvalue weighted by Gasteiger charge is 2.20. The van der Waals surface area contributed by atoms with Gasteiger partial charge in [-0.05, 0) is 24.8 Å². The van der Waals surface area contributed by atoms with Crippen LogP contribution in [0.5, 0.6) is 0 Å². The van der Waals surface area contributed by atoms with Crippen molar-refractivity contribution in [2.24, 2.45) is 0 Å². The summed E-state index contributed by atoms with van der Waals surface area (Å²) in [5, 5.41) is 5.29. The molecule has 0 bridgehead atoms. The van der Waals surface area contributed by atoms with Crippen molar-refractivity contribution >= 4 is 28.6 Å². The van der Waals surface area contributed by atoms with Crippen molar-refractivity contribution in [3.05, 3.63) is 38.5 Å². The number of amides is 1. The molecule has 2 aromatic rings. The predicted molar refractivity (Wildman–Crippen MR) is 91.3 cm³/mol. The first-order valence-corrected chi connectivity index (χ1v) is 9.40. The second-order valence-corrected chi connectivity index (χ2v) is 7.72. The predicted octanol–water partition coefficient (Wildman–Crippen LogP) is 2.79. The molecule has 0 saturated carbocycles. The van der Waals surface area contributed by atoms with Gasteiger partial charge in [-0.3, -0.25) is 9.69 Å². The van der Waals surface area contributed by atoms with E-state index in [1.165, 1.54) is 0 Å². The molecule has 2 aromatic heterocycles. The number of thiazole rings is 1. The highest BCUT2D eigenvalue weighted by atomic mass is 32.1. The van der Waals surface area contributed by atoms with Gasteiger partial charge in [-0.25, -0.2) is 4.98 Å². The Labute approximate surface area is 139 Å². The van der Waals surface area contributed by atoms with E-state index in [9.17, 15) is 4.79 Å². The third-order valence-corrected chi connectivity index (χ3v) is 5.60. The largest absolute Gasteiger partial charge is 0.341 e. The number of rotatable bonds is 4. The Morgan fingerprint density at radius 3 is 2.91 bits per heavy atom. The normalized spacial score (nSPS) is 16.7. The van der Waals surface area contributed by atoms with Gasteiger partial charge in [0.15, 0.2) is 0 Å². The van der Waals surface area contributed by atoms with E-state index in [0.29, 0.717) is 6.42 Å². The average molecular weight is 335 g/mol. The van der Waals surface area contributed by atoms with Crippen LogP contribution in [0.2, 0.25) is 0 Å². The number of thiophene rings is 1. The quantitative estimate of drug-likeness (QED) is 0.862. The maximum absolute atomic E-state index is 12.4. The van der Waals surface area contributed by atoms with Crippen molar-refractivity contribution in [3.8, 4) is 0 Å². The molecule has 1 aliphatic heterocycles. The van der Waals surface area contributed by atoms with Gasteiger partial charge in [-0.15, -0.1) is 22.7 Å². The minimum Gasteiger partial charge on any atom is -0.341 e. The zero-order valence-corrected chi connectivity index (χ0v) is 14.5. The second-order valence-electron chi connectivity index (χ2n) is 5.62. The number of hydrogen-bond acceptors (Lipinski definition) is 5. The van der Waals surface area contributed by atoms with E-state index in [0.717, 1.165) is 54.7 Å². The molecule has 1 amide bonds. The van der Waals surface area contributed by atoms with Gasteiger partial charge in [0.05, 0.1) is 17.1 Å². The van der Waals surface area contributed by atoms with E-state index in [4.69, 9.17) is 0 Å². The van der Waals surface area contributed by atoms with Crippen molar-refractivity contribution < 1.29 is 4.79 Å². The topological polar surface area (TPSA) is 36.4 Å². The zero-order chi connectivity index (χ0) is 15.4. The van der Waals surface area contributed by atoms with Crippen LogP contribution in [0.3, 0.4) is 0 Å². The van der Waals surface area contributed by atoms with E-state index in [1.807, 2.05) is 29.3 Å². The fourth-order valence-corrected chi connectivity index (χ4v) is 4.06. The molecule has 0 spiro atoms. The van der Waals surface area contributed by atoms with Crippen LogP contribution in [-0.4, -0.2) is 46.9 Å². The molecule has 1 aliphatic rings. The highest BCUT2D eigenvalue weighted by Crippen LogP contribution is 2.14. The molecule has 4 nitrogen and oxygen atoms in total. The van der Waals surface area contributed by atoms with Gasteiger partial charge in [-0.1, -0.05) is 6.07 Å². The first-order valence-electron chi connectivity index (χ1n) is 7.64. The van der Waals surface area contributed by atoms with E-state index in [2.05, 4.69) is 15.3 Å². The maximum atomic E-state index is 12.4. The molecule has 0 aliphatic carbocycles. The summed E-state index contributed by atoms with van der Waals surface area (Å²) in [5.74, 6) is 0.258. The molecular weight excluding hydrogens is 314 g/mol. The van der Waals surface area contributed by atoms with Crippen LogP contribution in [0.15, 0.2) is 22.9 Å². The third kappa shape index (κ3) is 4.15. The Balaban J connectivity index is 1.52. The molecule has 22 heavy (non-hydrogen) atoms. The van der Waals surface area contributed by atoms with Gasteiger partial charge in [0, 0.05) is 43.0 Å². The summed E-state index contributed by atoms with van der Waals surface area (Å²) in [7, 11) is 0. The third-order valence-electron chi connectivity index (χ3n) is 3.90. The Bertz CT molecular complexity index is 609. The summed E-state index contributed by atoms with van der Waals surface area (Å²) in [6.45, 7) is 6.62. The lowest BCUT2D eigenvalue weighted by Gasteiger charge is -2.21. The first-order chi connectivity index (χ1) is 10.7. The summed E-state index contributed by atoms with van der Waals surface area (Å²) in [6, 6.07) is 4.05. The number of aryl methyl sites for hydroxylation is 1. The second kappa shape index (κ2) is 7.35. The van der Waals surface area contributed by atoms with Crippen LogP contribution in [-0.2, 0) is 17.8 Å². The van der Waals surface area contributed by atoms with Crippen molar-refractivity contribution in [1.82, 2.24) is 14.8 Å². The monoisotopic (exact) mass is 335 g/mol. The summed E-state index contributed by atoms with van der Waals surface area (Å²) in [4.78, 5) is 22.5. The van der Waals surface area contributed by atoms with E-state index in [-0.39, 0.29) is 5.91 Å². The number of aromatic nitrogens is 1. The van der Waals surface area contributed by atoms with Gasteiger partial charge in [0.1, 0.15) is 0 Å². The lowest BCUT2D eigenvalue weighted by atomic mass is 10.3. The van der Waals surface area contributed by atoms with Gasteiger partial charge in [-0.2, -0.15) is 0 Å². The molecule has 3 rings (SSSR count). The molecule has 6 heteroatoms. The maximum Gasteiger partial charge on any atom is 0.227 e. The number of nitrogens with zero attached hydrogens (tertiary/aromatic N) is 3. The molecule has 3 heterocycles. The fraction of sp³-hybridized carbons (Fsp3) is 0.500. The minimum absolute atomic E-state index is 0.258. The van der Waals surface area contributed by atoms with Crippen LogP contribution < -0.4 is 0 Å². The summed E-state index contributed by atoms with van der Waals surface area (Å²) in [6.07, 6.45) is 1.59. The highest BCUT2D eigenvalue weighted by molar-refractivity contribution is 7.10. The Kier molecular flexibility index (Phi) is 5.23. The minimum atomic E-state index is 0.258. The van der Waals surface area contributed by atoms with E-state index >= 15 is 0 Å². The summed E-state index contributed by atoms with van der Waals surface area (Å²) < 4.78 is 0. The van der Waals surface area contributed by atoms with Crippen molar-refractivity contribution in [1.29, 1.82) is 0 Å². The van der Waals surface area contributed by atoms with Crippen LogP contribution in [0.1, 0.15) is 22.0 Å². The smallest absolute Gasteiger partial charge is 0.227 e. The van der Waals surface area contributed by atoms with Crippen molar-refractivity contribution in [2.45, 2.75) is 26.3 Å². The van der Waals surface area contributed by atoms with E-state index in [1.54, 1.807) is 22.7 Å². The van der Waals surface area contributed by atoms with Crippen molar-refractivity contribution in [2.75, 3.05) is 26.2 Å². The van der Waals surface area contributed by atoms with Gasteiger partial charge in [0.25, 0.3) is 0 Å². The SMILES string of the molecule is Cc1nc(CN2CCCN(C(=O)Cc3cccs3)CC2)cs1. The average Bonchev–Trinajstić information content (AvgIpc) is 3.07. The standard InChI is InChI=1S/C16H21N3OS2/c1-13-17-14(12-22-13)11-18-5-3-6-19(8-7-18)16(20)10-15-4-2-9-21-15/h2,4,9,12H,3,5-8,10-11H2,1H3. The number of carbonyl (C=O) groups excluding carboxylic acids is 1. The number of hydrogen-bond donors (Lipinski definition) is 0. The van der Waals surface area contributed by atoms with Gasteiger partial charge in [0.2, 0.25) is 5.91 Å². The van der Waals surface area contributed by atoms with Crippen LogP contribution in [0.25, 0.3) is 0 Å². The summed E-state index contributed by atoms with van der Waals surface area (Å²) in [5.41, 5.74) is 1.15. The molecular formula is C16H21N3OS2. The fourth-order valence-electron chi connectivity index (χ4n) is 2.76. The summed E-state index contributed by atoms with van der Waals surface area (Å²) >= 11 is 3.36. The Morgan fingerprint density at radius 1 is 1.27 bits per heavy atom. The Hall–Kier alpha value is -1.24. The lowest BCUT2D eigenvalue weighted by Crippen LogP contribution is -2.35. The molecule has 0 atom stereocenters. The number of carbonyl (C=O) groups is 1. The molecule has 118 valence electrons. The van der Waals surface area contributed by atoms with Gasteiger partial charge < -0.3 is 4.90 Å². The molecule has 1 saturated heterocycles. The zero-order valence-electron chi connectivity index (χ0n) is 12.8. The molecule has 1 fully saturated rings. The van der Waals surface area contributed by atoms with Crippen molar-refractivity contribution in [3.63, 3.8) is 0 Å². The lowest BCUT2D eigenvalue weighted by molar-refractivity contribution is -0.130. The Morgan fingerprint density at radius 2 is 2.18 bits per heavy atom.